The van der Waals surface area contributed by atoms with E-state index in [1.165, 1.54) is 0 Å². The standard InChI is InChI=1S/C10H25O3P/c1-9(2,3)7-14(11,12,13)8-10(4,5)6/h11-13H,7-8H2,1-6H3. The second-order valence-electron chi connectivity index (χ2n) is 6.78. The van der Waals surface area contributed by atoms with Gasteiger partial charge >= 0.3 is 86.7 Å². The zero-order valence-electron chi connectivity index (χ0n) is 10.2. The summed E-state index contributed by atoms with van der Waals surface area (Å²) in [5.41, 5.74) is -0.553. The Morgan fingerprint density at radius 1 is 0.714 bits per heavy atom. The van der Waals surface area contributed by atoms with Gasteiger partial charge in [0.2, 0.25) is 0 Å². The van der Waals surface area contributed by atoms with E-state index in [4.69, 9.17) is 0 Å². The van der Waals surface area contributed by atoms with Crippen LogP contribution in [0.2, 0.25) is 0 Å². The maximum absolute atomic E-state index is 9.89. The average Bonchev–Trinajstić information content (AvgIpc) is 1.39. The van der Waals surface area contributed by atoms with Crippen LogP contribution in [0.3, 0.4) is 0 Å². The molecule has 4 heteroatoms. The van der Waals surface area contributed by atoms with Crippen molar-refractivity contribution in [3.05, 3.63) is 0 Å². The SMILES string of the molecule is CC(C)(C)CP(O)(O)(O)CC(C)(C)C. The molecule has 0 atom stereocenters. The molecule has 88 valence electrons. The van der Waals surface area contributed by atoms with E-state index in [0.29, 0.717) is 0 Å². The summed E-state index contributed by atoms with van der Waals surface area (Å²) >= 11 is 0. The predicted octanol–water partition coefficient (Wildman–Crippen LogP) is 2.35. The van der Waals surface area contributed by atoms with Gasteiger partial charge < -0.3 is 0 Å². The Bertz CT molecular complexity index is 182. The Morgan fingerprint density at radius 3 is 1.07 bits per heavy atom. The molecule has 0 aromatic rings. The van der Waals surface area contributed by atoms with Crippen LogP contribution in [0.4, 0.5) is 0 Å². The van der Waals surface area contributed by atoms with Gasteiger partial charge in [-0.15, -0.1) is 0 Å². The van der Waals surface area contributed by atoms with E-state index in [0.717, 1.165) is 0 Å². The summed E-state index contributed by atoms with van der Waals surface area (Å²) in [6.07, 6.45) is 0.131. The Hall–Kier alpha value is 0.310. The first kappa shape index (κ1) is 14.3. The molecule has 14 heavy (non-hydrogen) atoms. The summed E-state index contributed by atoms with van der Waals surface area (Å²) in [6, 6.07) is 0. The molecular formula is C10H25O3P. The van der Waals surface area contributed by atoms with Crippen molar-refractivity contribution in [1.29, 1.82) is 0 Å². The van der Waals surface area contributed by atoms with Crippen LogP contribution in [0.15, 0.2) is 0 Å². The molecule has 0 aromatic heterocycles. The fourth-order valence-corrected chi connectivity index (χ4v) is 6.00. The molecule has 0 saturated carbocycles. The van der Waals surface area contributed by atoms with Crippen molar-refractivity contribution in [2.24, 2.45) is 10.8 Å². The Balaban J connectivity index is 4.70. The molecule has 0 bridgehead atoms. The van der Waals surface area contributed by atoms with Crippen LogP contribution in [0.25, 0.3) is 0 Å². The molecule has 0 unspecified atom stereocenters. The molecule has 0 aromatic carbocycles. The summed E-state index contributed by atoms with van der Waals surface area (Å²) < 4.78 is 0. The van der Waals surface area contributed by atoms with E-state index in [2.05, 4.69) is 0 Å². The van der Waals surface area contributed by atoms with Crippen molar-refractivity contribution < 1.29 is 14.7 Å². The van der Waals surface area contributed by atoms with E-state index in [1.54, 1.807) is 0 Å². The third-order valence-corrected chi connectivity index (χ3v) is 4.79. The molecule has 3 N–H and O–H groups in total. The van der Waals surface area contributed by atoms with Crippen molar-refractivity contribution in [3.63, 3.8) is 0 Å². The van der Waals surface area contributed by atoms with Crippen LogP contribution in [-0.4, -0.2) is 27.0 Å². The van der Waals surface area contributed by atoms with Crippen molar-refractivity contribution in [2.75, 3.05) is 12.3 Å². The van der Waals surface area contributed by atoms with Gasteiger partial charge in [-0.25, -0.2) is 0 Å². The molecule has 0 rings (SSSR count). The molecule has 0 aliphatic rings. The predicted molar refractivity (Wildman–Crippen MR) is 62.2 cm³/mol. The molecule has 0 amide bonds. The van der Waals surface area contributed by atoms with Crippen molar-refractivity contribution >= 4 is 7.28 Å². The van der Waals surface area contributed by atoms with Gasteiger partial charge in [-0.2, -0.15) is 0 Å². The normalized spacial score (nSPS) is 17.6. The van der Waals surface area contributed by atoms with Crippen LogP contribution in [-0.2, 0) is 0 Å². The Kier molecular flexibility index (Phi) is 3.49. The fourth-order valence-electron chi connectivity index (χ4n) is 2.00. The number of hydrogen-bond donors (Lipinski definition) is 3. The monoisotopic (exact) mass is 224 g/mol. The topological polar surface area (TPSA) is 60.7 Å². The van der Waals surface area contributed by atoms with E-state index in [-0.39, 0.29) is 23.2 Å². The third kappa shape index (κ3) is 7.69. The van der Waals surface area contributed by atoms with E-state index in [1.807, 2.05) is 41.5 Å². The van der Waals surface area contributed by atoms with Crippen molar-refractivity contribution in [3.8, 4) is 0 Å². The van der Waals surface area contributed by atoms with E-state index in [9.17, 15) is 14.7 Å². The van der Waals surface area contributed by atoms with E-state index < -0.39 is 7.28 Å². The van der Waals surface area contributed by atoms with Gasteiger partial charge in [0.1, 0.15) is 0 Å². The molecule has 3 nitrogen and oxygen atoms in total. The summed E-state index contributed by atoms with van der Waals surface area (Å²) in [7, 11) is -4.44. The first-order valence-corrected chi connectivity index (χ1v) is 7.40. The van der Waals surface area contributed by atoms with Crippen LogP contribution in [0, 0.1) is 10.8 Å². The molecule has 0 aliphatic carbocycles. The summed E-state index contributed by atoms with van der Waals surface area (Å²) in [6.45, 7) is 11.3. The minimum atomic E-state index is -4.44. The van der Waals surface area contributed by atoms with E-state index >= 15 is 0 Å². The minimum absolute atomic E-state index is 0.0653. The second kappa shape index (κ2) is 3.41. The molecule has 0 aliphatic heterocycles. The van der Waals surface area contributed by atoms with Gasteiger partial charge in [0.15, 0.2) is 0 Å². The van der Waals surface area contributed by atoms with Crippen LogP contribution < -0.4 is 0 Å². The van der Waals surface area contributed by atoms with Crippen molar-refractivity contribution in [2.45, 2.75) is 41.5 Å². The number of hydrogen-bond acceptors (Lipinski definition) is 3. The van der Waals surface area contributed by atoms with Gasteiger partial charge in [0.25, 0.3) is 0 Å². The van der Waals surface area contributed by atoms with Gasteiger partial charge in [-0.3, -0.25) is 0 Å². The van der Waals surface area contributed by atoms with Gasteiger partial charge in [-0.1, -0.05) is 0 Å². The van der Waals surface area contributed by atoms with Crippen LogP contribution in [0.1, 0.15) is 41.5 Å². The molecule has 0 fully saturated rings. The summed E-state index contributed by atoms with van der Waals surface area (Å²) in [5, 5.41) is 0. The molecule has 0 heterocycles. The van der Waals surface area contributed by atoms with Gasteiger partial charge in [0.05, 0.1) is 0 Å². The fraction of sp³-hybridized carbons (Fsp3) is 1.00. The summed E-state index contributed by atoms with van der Waals surface area (Å²) in [4.78, 5) is 29.7. The maximum atomic E-state index is 9.89. The first-order chi connectivity index (χ1) is 5.68. The van der Waals surface area contributed by atoms with Crippen LogP contribution in [0.5, 0.6) is 0 Å². The number of rotatable bonds is 2. The Morgan fingerprint density at radius 2 is 0.929 bits per heavy atom. The third-order valence-electron chi connectivity index (χ3n) is 1.60. The van der Waals surface area contributed by atoms with Crippen molar-refractivity contribution in [1.82, 2.24) is 0 Å². The molecular weight excluding hydrogens is 199 g/mol. The molecule has 0 radical (unpaired) electrons. The Labute approximate surface area is 87.3 Å². The zero-order chi connectivity index (χ0) is 11.9. The van der Waals surface area contributed by atoms with Gasteiger partial charge in [0, 0.05) is 0 Å². The van der Waals surface area contributed by atoms with Gasteiger partial charge in [-0.05, 0) is 0 Å². The first-order valence-electron chi connectivity index (χ1n) is 4.94. The second-order valence-corrected chi connectivity index (χ2v) is 10.1. The molecule has 0 spiro atoms. The zero-order valence-corrected chi connectivity index (χ0v) is 11.1. The summed E-state index contributed by atoms with van der Waals surface area (Å²) in [5.74, 6) is 0. The average molecular weight is 224 g/mol. The quantitative estimate of drug-likeness (QED) is 0.631. The molecule has 0 saturated heterocycles. The van der Waals surface area contributed by atoms with Crippen LogP contribution >= 0.6 is 7.28 Å².